The Labute approximate surface area is 135 Å². The van der Waals surface area contributed by atoms with E-state index in [1.807, 2.05) is 11.4 Å². The van der Waals surface area contributed by atoms with E-state index in [1.54, 1.807) is 11.3 Å². The van der Waals surface area contributed by atoms with Crippen molar-refractivity contribution in [2.75, 3.05) is 19.8 Å². The molecule has 0 aromatic carbocycles. The number of halogens is 1. The number of urea groups is 1. The molecule has 0 saturated carbocycles. The van der Waals surface area contributed by atoms with E-state index in [1.165, 1.54) is 0 Å². The van der Waals surface area contributed by atoms with E-state index < -0.39 is 11.4 Å². The summed E-state index contributed by atoms with van der Waals surface area (Å²) in [6.07, 6.45) is 0.832. The minimum absolute atomic E-state index is 0.114. The lowest BCUT2D eigenvalue weighted by molar-refractivity contribution is -0.154. The molecule has 1 saturated heterocycles. The molecule has 1 aromatic rings. The fourth-order valence-corrected chi connectivity index (χ4v) is 3.58. The van der Waals surface area contributed by atoms with Crippen molar-refractivity contribution < 1.29 is 19.4 Å². The van der Waals surface area contributed by atoms with Crippen LogP contribution in [0.2, 0.25) is 0 Å². The van der Waals surface area contributed by atoms with Crippen molar-refractivity contribution in [1.29, 1.82) is 0 Å². The van der Waals surface area contributed by atoms with Gasteiger partial charge in [0, 0.05) is 29.1 Å². The monoisotopic (exact) mass is 376 g/mol. The maximum absolute atomic E-state index is 11.8. The van der Waals surface area contributed by atoms with Gasteiger partial charge in [0.25, 0.3) is 0 Å². The minimum atomic E-state index is -0.918. The molecule has 0 radical (unpaired) electrons. The second kappa shape index (κ2) is 7.24. The minimum Gasteiger partial charge on any atom is -0.481 e. The fraction of sp³-hybridized carbons (Fsp3) is 0.538. The first kappa shape index (κ1) is 16.3. The molecule has 0 atom stereocenters. The van der Waals surface area contributed by atoms with Gasteiger partial charge in [0.15, 0.2) is 0 Å². The van der Waals surface area contributed by atoms with Crippen LogP contribution < -0.4 is 10.6 Å². The summed E-state index contributed by atoms with van der Waals surface area (Å²) in [5.41, 5.74) is -0.918. The third kappa shape index (κ3) is 4.18. The molecule has 3 N–H and O–H groups in total. The molecular weight excluding hydrogens is 360 g/mol. The smallest absolute Gasteiger partial charge is 0.315 e. The lowest BCUT2D eigenvalue weighted by Gasteiger charge is -2.33. The largest absolute Gasteiger partial charge is 0.481 e. The SMILES string of the molecule is O=C(NCc1sccc1Br)NCC1(C(=O)O)CCOCC1. The lowest BCUT2D eigenvalue weighted by atomic mass is 9.80. The second-order valence-corrected chi connectivity index (χ2v) is 6.78. The van der Waals surface area contributed by atoms with Gasteiger partial charge < -0.3 is 20.5 Å². The molecule has 21 heavy (non-hydrogen) atoms. The van der Waals surface area contributed by atoms with Gasteiger partial charge in [-0.15, -0.1) is 11.3 Å². The Kier molecular flexibility index (Phi) is 5.60. The highest BCUT2D eigenvalue weighted by Crippen LogP contribution is 2.30. The summed E-state index contributed by atoms with van der Waals surface area (Å²) >= 11 is 4.93. The Morgan fingerprint density at radius 1 is 1.38 bits per heavy atom. The Bertz CT molecular complexity index is 514. The van der Waals surface area contributed by atoms with E-state index in [0.29, 0.717) is 32.6 Å². The zero-order chi connectivity index (χ0) is 15.3. The number of hydrogen-bond donors (Lipinski definition) is 3. The van der Waals surface area contributed by atoms with Crippen LogP contribution in [0.3, 0.4) is 0 Å². The van der Waals surface area contributed by atoms with Crippen molar-refractivity contribution in [2.45, 2.75) is 19.4 Å². The maximum Gasteiger partial charge on any atom is 0.315 e. The standard InChI is InChI=1S/C13H17BrN2O4S/c14-9-1-6-21-10(9)7-15-12(19)16-8-13(11(17)18)2-4-20-5-3-13/h1,6H,2-5,7-8H2,(H,17,18)(H2,15,16,19). The third-order valence-corrected chi connectivity index (χ3v) is 5.52. The zero-order valence-corrected chi connectivity index (χ0v) is 13.8. The number of ether oxygens (including phenoxy) is 1. The van der Waals surface area contributed by atoms with E-state index in [-0.39, 0.29) is 12.6 Å². The van der Waals surface area contributed by atoms with Crippen molar-refractivity contribution in [2.24, 2.45) is 5.41 Å². The molecule has 0 aliphatic carbocycles. The van der Waals surface area contributed by atoms with Gasteiger partial charge in [-0.25, -0.2) is 4.79 Å². The van der Waals surface area contributed by atoms with Gasteiger partial charge in [0.1, 0.15) is 0 Å². The van der Waals surface area contributed by atoms with E-state index in [4.69, 9.17) is 4.74 Å². The molecule has 1 aliphatic heterocycles. The predicted molar refractivity (Wildman–Crippen MR) is 82.4 cm³/mol. The summed E-state index contributed by atoms with van der Waals surface area (Å²) in [5.74, 6) is -0.882. The van der Waals surface area contributed by atoms with E-state index >= 15 is 0 Å². The highest BCUT2D eigenvalue weighted by atomic mass is 79.9. The molecule has 0 spiro atoms. The highest BCUT2D eigenvalue weighted by molar-refractivity contribution is 9.10. The summed E-state index contributed by atoms with van der Waals surface area (Å²) in [6, 6.07) is 1.56. The van der Waals surface area contributed by atoms with Gasteiger partial charge in [0.05, 0.1) is 12.0 Å². The van der Waals surface area contributed by atoms with Crippen LogP contribution in [0.1, 0.15) is 17.7 Å². The summed E-state index contributed by atoms with van der Waals surface area (Å²) < 4.78 is 6.15. The molecule has 116 valence electrons. The maximum atomic E-state index is 11.8. The number of hydrogen-bond acceptors (Lipinski definition) is 4. The normalized spacial score (nSPS) is 17.2. The molecule has 1 fully saturated rings. The summed E-state index contributed by atoms with van der Waals surface area (Å²) in [5, 5.41) is 16.7. The number of carboxylic acids is 1. The number of carboxylic acid groups (broad SMARTS) is 1. The molecule has 1 aliphatic rings. The molecule has 8 heteroatoms. The van der Waals surface area contributed by atoms with E-state index in [9.17, 15) is 14.7 Å². The highest BCUT2D eigenvalue weighted by Gasteiger charge is 2.40. The zero-order valence-electron chi connectivity index (χ0n) is 11.4. The summed E-state index contributed by atoms with van der Waals surface area (Å²) in [6.45, 7) is 1.35. The Hall–Kier alpha value is -1.12. The first-order valence-corrected chi connectivity index (χ1v) is 8.25. The molecule has 6 nitrogen and oxygen atoms in total. The number of carbonyl (C=O) groups is 2. The first-order valence-electron chi connectivity index (χ1n) is 6.58. The van der Waals surface area contributed by atoms with Crippen LogP contribution in [-0.2, 0) is 16.1 Å². The second-order valence-electron chi connectivity index (χ2n) is 4.93. The predicted octanol–water partition coefficient (Wildman–Crippen LogP) is 2.19. The average molecular weight is 377 g/mol. The fourth-order valence-electron chi connectivity index (χ4n) is 2.15. The first-order chi connectivity index (χ1) is 10.0. The van der Waals surface area contributed by atoms with Crippen LogP contribution in [0, 0.1) is 5.41 Å². The van der Waals surface area contributed by atoms with Gasteiger partial charge in [-0.05, 0) is 40.2 Å². The quantitative estimate of drug-likeness (QED) is 0.734. The van der Waals surface area contributed by atoms with Crippen LogP contribution in [0.5, 0.6) is 0 Å². The molecule has 2 amide bonds. The van der Waals surface area contributed by atoms with Crippen LogP contribution >= 0.6 is 27.3 Å². The average Bonchev–Trinajstić information content (AvgIpc) is 2.89. The van der Waals surface area contributed by atoms with Crippen molar-refractivity contribution in [1.82, 2.24) is 10.6 Å². The Balaban J connectivity index is 1.82. The van der Waals surface area contributed by atoms with Crippen LogP contribution in [-0.4, -0.2) is 36.9 Å². The summed E-state index contributed by atoms with van der Waals surface area (Å²) in [4.78, 5) is 24.3. The van der Waals surface area contributed by atoms with Gasteiger partial charge in [-0.3, -0.25) is 4.79 Å². The molecule has 2 rings (SSSR count). The topological polar surface area (TPSA) is 87.7 Å². The number of thiophene rings is 1. The Morgan fingerprint density at radius 2 is 2.10 bits per heavy atom. The molecule has 0 bridgehead atoms. The summed E-state index contributed by atoms with van der Waals surface area (Å²) in [7, 11) is 0. The number of rotatable bonds is 5. The number of carbonyl (C=O) groups excluding carboxylic acids is 1. The molecule has 2 heterocycles. The van der Waals surface area contributed by atoms with Gasteiger partial charge in [-0.2, -0.15) is 0 Å². The van der Waals surface area contributed by atoms with E-state index in [2.05, 4.69) is 26.6 Å². The van der Waals surface area contributed by atoms with Crippen LogP contribution in [0.4, 0.5) is 4.79 Å². The third-order valence-electron chi connectivity index (χ3n) is 3.59. The molecular formula is C13H17BrN2O4S. The van der Waals surface area contributed by atoms with E-state index in [0.717, 1.165) is 9.35 Å². The van der Waals surface area contributed by atoms with Crippen LogP contribution in [0.25, 0.3) is 0 Å². The van der Waals surface area contributed by atoms with Crippen molar-refractivity contribution in [3.63, 3.8) is 0 Å². The van der Waals surface area contributed by atoms with Gasteiger partial charge >= 0.3 is 12.0 Å². The number of nitrogens with one attached hydrogen (secondary N) is 2. The number of amides is 2. The van der Waals surface area contributed by atoms with Crippen LogP contribution in [0.15, 0.2) is 15.9 Å². The van der Waals surface area contributed by atoms with Gasteiger partial charge in [-0.1, -0.05) is 0 Å². The van der Waals surface area contributed by atoms with Crippen molar-refractivity contribution in [3.05, 3.63) is 20.8 Å². The van der Waals surface area contributed by atoms with Crippen molar-refractivity contribution in [3.8, 4) is 0 Å². The van der Waals surface area contributed by atoms with Crippen molar-refractivity contribution >= 4 is 39.3 Å². The Morgan fingerprint density at radius 3 is 2.67 bits per heavy atom. The van der Waals surface area contributed by atoms with Gasteiger partial charge in [0.2, 0.25) is 0 Å². The molecule has 1 aromatic heterocycles. The molecule has 0 unspecified atom stereocenters. The lowest BCUT2D eigenvalue weighted by Crippen LogP contribution is -2.48. The number of aliphatic carboxylic acids is 1.